The fourth-order valence-electron chi connectivity index (χ4n) is 2.63. The van der Waals surface area contributed by atoms with Gasteiger partial charge in [-0.25, -0.2) is 17.4 Å². The van der Waals surface area contributed by atoms with E-state index >= 15 is 0 Å². The molecule has 0 saturated carbocycles. The van der Waals surface area contributed by atoms with Crippen LogP contribution in [0.5, 0.6) is 0 Å². The topological polar surface area (TPSA) is 52.0 Å². The molecule has 0 aliphatic rings. The van der Waals surface area contributed by atoms with Gasteiger partial charge in [-0.15, -0.1) is 0 Å². The Hall–Kier alpha value is -1.85. The van der Waals surface area contributed by atoms with Crippen molar-refractivity contribution in [3.05, 3.63) is 58.9 Å². The zero-order chi connectivity index (χ0) is 16.8. The molecular weight excluding hydrogens is 332 g/mol. The van der Waals surface area contributed by atoms with Gasteiger partial charge in [-0.05, 0) is 48.7 Å². The van der Waals surface area contributed by atoms with E-state index in [0.29, 0.717) is 21.9 Å². The smallest absolute Gasteiger partial charge is 0.237 e. The van der Waals surface area contributed by atoms with E-state index in [1.165, 1.54) is 3.97 Å². The van der Waals surface area contributed by atoms with Crippen molar-refractivity contribution in [3.63, 3.8) is 0 Å². The lowest BCUT2D eigenvalue weighted by atomic mass is 10.0. The largest absolute Gasteiger partial charge is 0.268 e. The first-order valence-corrected chi connectivity index (χ1v) is 9.12. The van der Waals surface area contributed by atoms with E-state index in [1.807, 2.05) is 19.9 Å². The predicted molar refractivity (Wildman–Crippen MR) is 92.6 cm³/mol. The van der Waals surface area contributed by atoms with Gasteiger partial charge in [0, 0.05) is 5.69 Å². The van der Waals surface area contributed by atoms with Gasteiger partial charge in [-0.1, -0.05) is 37.6 Å². The minimum atomic E-state index is -3.69. The van der Waals surface area contributed by atoms with Gasteiger partial charge >= 0.3 is 0 Å². The molecule has 2 heterocycles. The van der Waals surface area contributed by atoms with Gasteiger partial charge < -0.3 is 0 Å². The first kappa shape index (κ1) is 16.0. The summed E-state index contributed by atoms with van der Waals surface area (Å²) in [6.45, 7) is 5.82. The minimum absolute atomic E-state index is 0.258. The van der Waals surface area contributed by atoms with Gasteiger partial charge in [0.15, 0.2) is 0 Å². The summed E-state index contributed by atoms with van der Waals surface area (Å²) in [5.41, 5.74) is 2.69. The SMILES string of the molecule is Cc1cc2nc(Cl)ccc2n1S(=O)(=O)c1cccc(C(C)C)c1. The molecule has 23 heavy (non-hydrogen) atoms. The third-order valence-corrected chi connectivity index (χ3v) is 5.84. The molecule has 0 radical (unpaired) electrons. The molecule has 0 spiro atoms. The summed E-state index contributed by atoms with van der Waals surface area (Å²) in [4.78, 5) is 4.47. The molecule has 3 rings (SSSR count). The van der Waals surface area contributed by atoms with Crippen molar-refractivity contribution in [2.45, 2.75) is 31.6 Å². The Morgan fingerprint density at radius 1 is 1.13 bits per heavy atom. The highest BCUT2D eigenvalue weighted by Gasteiger charge is 2.22. The molecule has 0 amide bonds. The monoisotopic (exact) mass is 348 g/mol. The summed E-state index contributed by atoms with van der Waals surface area (Å²) < 4.78 is 27.5. The highest BCUT2D eigenvalue weighted by atomic mass is 35.5. The highest BCUT2D eigenvalue weighted by Crippen LogP contribution is 2.27. The molecule has 1 aromatic carbocycles. The Labute approximate surface area is 140 Å². The predicted octanol–water partition coefficient (Wildman–Crippen LogP) is 4.36. The Bertz CT molecular complexity index is 991. The van der Waals surface area contributed by atoms with Gasteiger partial charge in [0.2, 0.25) is 0 Å². The molecule has 2 aromatic heterocycles. The van der Waals surface area contributed by atoms with Crippen LogP contribution in [0.3, 0.4) is 0 Å². The molecule has 4 nitrogen and oxygen atoms in total. The molecular formula is C17H17ClN2O2S. The van der Waals surface area contributed by atoms with Gasteiger partial charge in [0.25, 0.3) is 10.0 Å². The quantitative estimate of drug-likeness (QED) is 0.661. The Balaban J connectivity index is 2.25. The van der Waals surface area contributed by atoms with Crippen molar-refractivity contribution in [2.75, 3.05) is 0 Å². The van der Waals surface area contributed by atoms with Crippen molar-refractivity contribution in [2.24, 2.45) is 0 Å². The van der Waals surface area contributed by atoms with E-state index < -0.39 is 10.0 Å². The Morgan fingerprint density at radius 2 is 1.87 bits per heavy atom. The molecule has 0 saturated heterocycles. The molecule has 0 fully saturated rings. The zero-order valence-corrected chi connectivity index (χ0v) is 14.7. The second-order valence-corrected chi connectivity index (χ2v) is 7.99. The Kier molecular flexibility index (Phi) is 3.94. The van der Waals surface area contributed by atoms with E-state index in [0.717, 1.165) is 5.56 Å². The van der Waals surface area contributed by atoms with E-state index in [9.17, 15) is 8.42 Å². The summed E-state index contributed by atoms with van der Waals surface area (Å²) in [6, 6.07) is 12.1. The van der Waals surface area contributed by atoms with Crippen LogP contribution in [0.25, 0.3) is 11.0 Å². The number of benzene rings is 1. The van der Waals surface area contributed by atoms with Crippen molar-refractivity contribution in [3.8, 4) is 0 Å². The van der Waals surface area contributed by atoms with Gasteiger partial charge in [0.1, 0.15) is 5.15 Å². The zero-order valence-electron chi connectivity index (χ0n) is 13.1. The van der Waals surface area contributed by atoms with Gasteiger partial charge in [-0.3, -0.25) is 0 Å². The molecule has 6 heteroatoms. The van der Waals surface area contributed by atoms with Crippen molar-refractivity contribution in [1.82, 2.24) is 8.96 Å². The Morgan fingerprint density at radius 3 is 2.57 bits per heavy atom. The molecule has 120 valence electrons. The van der Waals surface area contributed by atoms with Crippen LogP contribution in [0.1, 0.15) is 31.0 Å². The van der Waals surface area contributed by atoms with Crippen LogP contribution in [-0.2, 0) is 10.0 Å². The van der Waals surface area contributed by atoms with Crippen LogP contribution in [0.4, 0.5) is 0 Å². The number of hydrogen-bond acceptors (Lipinski definition) is 3. The van der Waals surface area contributed by atoms with Crippen LogP contribution in [0, 0.1) is 6.92 Å². The summed E-state index contributed by atoms with van der Waals surface area (Å²) in [7, 11) is -3.69. The molecule has 0 atom stereocenters. The maximum atomic E-state index is 13.1. The van der Waals surface area contributed by atoms with Crippen molar-refractivity contribution in [1.29, 1.82) is 0 Å². The van der Waals surface area contributed by atoms with E-state index in [1.54, 1.807) is 43.3 Å². The fraction of sp³-hybridized carbons (Fsp3) is 0.235. The van der Waals surface area contributed by atoms with Crippen LogP contribution >= 0.6 is 11.6 Å². The summed E-state index contributed by atoms with van der Waals surface area (Å²) >= 11 is 5.90. The number of pyridine rings is 1. The second kappa shape index (κ2) is 5.65. The first-order chi connectivity index (χ1) is 10.8. The average molecular weight is 349 g/mol. The van der Waals surface area contributed by atoms with E-state index in [-0.39, 0.29) is 10.8 Å². The normalized spacial score (nSPS) is 12.2. The molecule has 0 aliphatic heterocycles. The van der Waals surface area contributed by atoms with E-state index in [2.05, 4.69) is 4.98 Å². The maximum Gasteiger partial charge on any atom is 0.268 e. The number of nitrogens with zero attached hydrogens (tertiary/aromatic N) is 2. The van der Waals surface area contributed by atoms with Crippen LogP contribution in [0.15, 0.2) is 47.4 Å². The highest BCUT2D eigenvalue weighted by molar-refractivity contribution is 7.90. The van der Waals surface area contributed by atoms with Crippen molar-refractivity contribution < 1.29 is 8.42 Å². The van der Waals surface area contributed by atoms with Gasteiger partial charge in [0.05, 0.1) is 15.9 Å². The van der Waals surface area contributed by atoms with E-state index in [4.69, 9.17) is 11.6 Å². The first-order valence-electron chi connectivity index (χ1n) is 7.31. The molecule has 0 aliphatic carbocycles. The second-order valence-electron chi connectivity index (χ2n) is 5.82. The third kappa shape index (κ3) is 2.75. The van der Waals surface area contributed by atoms with Crippen molar-refractivity contribution >= 4 is 32.7 Å². The number of halogens is 1. The number of rotatable bonds is 3. The molecule has 3 aromatic rings. The van der Waals surface area contributed by atoms with Gasteiger partial charge in [-0.2, -0.15) is 0 Å². The van der Waals surface area contributed by atoms with Crippen LogP contribution in [-0.4, -0.2) is 17.4 Å². The molecule has 0 N–H and O–H groups in total. The lowest BCUT2D eigenvalue weighted by Gasteiger charge is -2.12. The number of hydrogen-bond donors (Lipinski definition) is 0. The van der Waals surface area contributed by atoms with Crippen LogP contribution in [0.2, 0.25) is 5.15 Å². The standard InChI is InChI=1S/C17H17ClN2O2S/c1-11(2)13-5-4-6-14(10-13)23(21,22)20-12(3)9-15-16(20)7-8-17(18)19-15/h4-11H,1-3H3. The lowest BCUT2D eigenvalue weighted by Crippen LogP contribution is -2.14. The summed E-state index contributed by atoms with van der Waals surface area (Å²) in [6.07, 6.45) is 0. The molecule has 0 bridgehead atoms. The number of aromatic nitrogens is 2. The average Bonchev–Trinajstić information content (AvgIpc) is 2.82. The number of aryl methyl sites for hydroxylation is 1. The summed E-state index contributed by atoms with van der Waals surface area (Å²) in [5.74, 6) is 0.258. The molecule has 0 unspecified atom stereocenters. The maximum absolute atomic E-state index is 13.1. The minimum Gasteiger partial charge on any atom is -0.237 e. The third-order valence-electron chi connectivity index (χ3n) is 3.82. The summed E-state index contributed by atoms with van der Waals surface area (Å²) in [5, 5.41) is 0.342. The fourth-order valence-corrected chi connectivity index (χ4v) is 4.37. The number of fused-ring (bicyclic) bond motifs is 1. The van der Waals surface area contributed by atoms with Crippen LogP contribution < -0.4 is 0 Å². The lowest BCUT2D eigenvalue weighted by molar-refractivity contribution is 0.587.